The zero-order valence-electron chi connectivity index (χ0n) is 11.2. The van der Waals surface area contributed by atoms with Crippen LogP contribution in [0.1, 0.15) is 24.8 Å². The van der Waals surface area contributed by atoms with Gasteiger partial charge in [0.15, 0.2) is 0 Å². The molecule has 1 aromatic carbocycles. The molecular formula is C14H18BrN3O. The number of benzene rings is 1. The van der Waals surface area contributed by atoms with Gasteiger partial charge in [-0.05, 0) is 37.6 Å². The van der Waals surface area contributed by atoms with Crippen LogP contribution in [0.15, 0.2) is 27.1 Å². The summed E-state index contributed by atoms with van der Waals surface area (Å²) in [5.74, 6) is 1.27. The predicted molar refractivity (Wildman–Crippen MR) is 79.0 cm³/mol. The van der Waals surface area contributed by atoms with Gasteiger partial charge in [0.25, 0.3) is 0 Å². The molecule has 2 aromatic rings. The van der Waals surface area contributed by atoms with Crippen LogP contribution < -0.4 is 5.32 Å². The minimum absolute atomic E-state index is 0.587. The monoisotopic (exact) mass is 323 g/mol. The van der Waals surface area contributed by atoms with E-state index in [0.29, 0.717) is 11.8 Å². The number of nitrogens with one attached hydrogen (secondary N) is 1. The van der Waals surface area contributed by atoms with Gasteiger partial charge in [-0.15, -0.1) is 10.2 Å². The molecule has 0 aliphatic rings. The summed E-state index contributed by atoms with van der Waals surface area (Å²) in [4.78, 5) is 0. The maximum absolute atomic E-state index is 5.70. The zero-order chi connectivity index (χ0) is 13.7. The van der Waals surface area contributed by atoms with Gasteiger partial charge in [-0.1, -0.05) is 28.9 Å². The minimum atomic E-state index is 0.587. The van der Waals surface area contributed by atoms with E-state index in [0.717, 1.165) is 41.5 Å². The standard InChI is InChI=1S/C14H18BrN3O/c1-3-7-16-8-6-13-17-18-14(19-13)12-9-11(15)5-4-10(12)2/h4-5,9,16H,3,6-8H2,1-2H3. The molecule has 0 unspecified atom stereocenters. The van der Waals surface area contributed by atoms with E-state index in [1.807, 2.05) is 25.1 Å². The quantitative estimate of drug-likeness (QED) is 0.828. The van der Waals surface area contributed by atoms with E-state index in [9.17, 15) is 0 Å². The highest BCUT2D eigenvalue weighted by atomic mass is 79.9. The van der Waals surface area contributed by atoms with Crippen molar-refractivity contribution in [3.8, 4) is 11.5 Å². The topological polar surface area (TPSA) is 51.0 Å². The second-order valence-electron chi connectivity index (χ2n) is 4.46. The molecule has 1 heterocycles. The third-order valence-corrected chi connectivity index (χ3v) is 3.33. The number of hydrogen-bond acceptors (Lipinski definition) is 4. The number of aromatic nitrogens is 2. The molecule has 0 radical (unpaired) electrons. The van der Waals surface area contributed by atoms with Gasteiger partial charge < -0.3 is 9.73 Å². The highest BCUT2D eigenvalue weighted by Crippen LogP contribution is 2.25. The van der Waals surface area contributed by atoms with Gasteiger partial charge in [0.1, 0.15) is 0 Å². The summed E-state index contributed by atoms with van der Waals surface area (Å²) >= 11 is 3.46. The molecule has 0 aliphatic carbocycles. The SMILES string of the molecule is CCCNCCc1nnc(-c2cc(Br)ccc2C)o1. The Morgan fingerprint density at radius 1 is 1.26 bits per heavy atom. The molecule has 0 aliphatic heterocycles. The fourth-order valence-electron chi connectivity index (χ4n) is 1.79. The van der Waals surface area contributed by atoms with Gasteiger partial charge in [0, 0.05) is 23.0 Å². The van der Waals surface area contributed by atoms with Crippen LogP contribution in [0.5, 0.6) is 0 Å². The number of rotatable bonds is 6. The number of hydrogen-bond donors (Lipinski definition) is 1. The van der Waals surface area contributed by atoms with Crippen molar-refractivity contribution >= 4 is 15.9 Å². The van der Waals surface area contributed by atoms with Crippen LogP contribution in [0.25, 0.3) is 11.5 Å². The van der Waals surface area contributed by atoms with E-state index in [4.69, 9.17) is 4.42 Å². The average molecular weight is 324 g/mol. The molecule has 0 amide bonds. The molecule has 0 bridgehead atoms. The zero-order valence-corrected chi connectivity index (χ0v) is 12.8. The van der Waals surface area contributed by atoms with E-state index in [-0.39, 0.29) is 0 Å². The molecule has 102 valence electrons. The van der Waals surface area contributed by atoms with E-state index >= 15 is 0 Å². The largest absolute Gasteiger partial charge is 0.421 e. The first-order valence-corrected chi connectivity index (χ1v) is 7.29. The van der Waals surface area contributed by atoms with Crippen LogP contribution in [-0.2, 0) is 6.42 Å². The molecule has 0 spiro atoms. The summed E-state index contributed by atoms with van der Waals surface area (Å²) in [6.45, 7) is 6.07. The fourth-order valence-corrected chi connectivity index (χ4v) is 2.15. The van der Waals surface area contributed by atoms with Crippen molar-refractivity contribution < 1.29 is 4.42 Å². The molecule has 1 N–H and O–H groups in total. The van der Waals surface area contributed by atoms with Gasteiger partial charge in [-0.3, -0.25) is 0 Å². The number of nitrogens with zero attached hydrogens (tertiary/aromatic N) is 2. The maximum Gasteiger partial charge on any atom is 0.248 e. The first-order chi connectivity index (χ1) is 9.20. The molecule has 1 aromatic heterocycles. The molecule has 4 nitrogen and oxygen atoms in total. The minimum Gasteiger partial charge on any atom is -0.421 e. The van der Waals surface area contributed by atoms with Gasteiger partial charge in [-0.25, -0.2) is 0 Å². The summed E-state index contributed by atoms with van der Waals surface area (Å²) in [6, 6.07) is 6.04. The Morgan fingerprint density at radius 2 is 2.11 bits per heavy atom. The van der Waals surface area contributed by atoms with Crippen molar-refractivity contribution in [2.45, 2.75) is 26.7 Å². The Labute approximate surface area is 121 Å². The van der Waals surface area contributed by atoms with E-state index < -0.39 is 0 Å². The second kappa shape index (κ2) is 6.82. The molecular weight excluding hydrogens is 306 g/mol. The van der Waals surface area contributed by atoms with Gasteiger partial charge in [0.2, 0.25) is 11.8 Å². The van der Waals surface area contributed by atoms with Crippen LogP contribution in [0, 0.1) is 6.92 Å². The lowest BCUT2D eigenvalue weighted by molar-refractivity contribution is 0.494. The van der Waals surface area contributed by atoms with Crippen LogP contribution in [-0.4, -0.2) is 23.3 Å². The summed E-state index contributed by atoms with van der Waals surface area (Å²) in [7, 11) is 0. The highest BCUT2D eigenvalue weighted by Gasteiger charge is 2.11. The van der Waals surface area contributed by atoms with Crippen molar-refractivity contribution in [2.75, 3.05) is 13.1 Å². The third-order valence-electron chi connectivity index (χ3n) is 2.84. The highest BCUT2D eigenvalue weighted by molar-refractivity contribution is 9.10. The lowest BCUT2D eigenvalue weighted by Gasteiger charge is -2.01. The summed E-state index contributed by atoms with van der Waals surface area (Å²) in [5, 5.41) is 11.5. The number of aryl methyl sites for hydroxylation is 1. The fraction of sp³-hybridized carbons (Fsp3) is 0.429. The second-order valence-corrected chi connectivity index (χ2v) is 5.38. The van der Waals surface area contributed by atoms with Crippen LogP contribution >= 0.6 is 15.9 Å². The maximum atomic E-state index is 5.70. The first kappa shape index (κ1) is 14.2. The Morgan fingerprint density at radius 3 is 2.89 bits per heavy atom. The van der Waals surface area contributed by atoms with Crippen molar-refractivity contribution in [3.05, 3.63) is 34.1 Å². The lowest BCUT2D eigenvalue weighted by Crippen LogP contribution is -2.17. The number of halogens is 1. The van der Waals surface area contributed by atoms with Crippen LogP contribution in [0.3, 0.4) is 0 Å². The molecule has 0 atom stereocenters. The molecule has 5 heteroatoms. The Hall–Kier alpha value is -1.20. The summed E-state index contributed by atoms with van der Waals surface area (Å²) in [6.07, 6.45) is 1.90. The van der Waals surface area contributed by atoms with Crippen molar-refractivity contribution in [3.63, 3.8) is 0 Å². The average Bonchev–Trinajstić information content (AvgIpc) is 2.86. The van der Waals surface area contributed by atoms with Crippen LogP contribution in [0.4, 0.5) is 0 Å². The molecule has 0 saturated heterocycles. The normalized spacial score (nSPS) is 10.9. The Kier molecular flexibility index (Phi) is 5.10. The van der Waals surface area contributed by atoms with E-state index in [2.05, 4.69) is 38.4 Å². The van der Waals surface area contributed by atoms with Crippen molar-refractivity contribution in [2.24, 2.45) is 0 Å². The van der Waals surface area contributed by atoms with E-state index in [1.165, 1.54) is 0 Å². The lowest BCUT2D eigenvalue weighted by atomic mass is 10.1. The van der Waals surface area contributed by atoms with Gasteiger partial charge in [-0.2, -0.15) is 0 Å². The Balaban J connectivity index is 2.06. The molecule has 0 saturated carbocycles. The Bertz CT molecular complexity index is 539. The van der Waals surface area contributed by atoms with Crippen molar-refractivity contribution in [1.82, 2.24) is 15.5 Å². The van der Waals surface area contributed by atoms with Crippen LogP contribution in [0.2, 0.25) is 0 Å². The molecule has 0 fully saturated rings. The predicted octanol–water partition coefficient (Wildman–Crippen LogP) is 3.35. The third kappa shape index (κ3) is 3.88. The molecule has 2 rings (SSSR count). The molecule has 19 heavy (non-hydrogen) atoms. The first-order valence-electron chi connectivity index (χ1n) is 6.50. The summed E-state index contributed by atoms with van der Waals surface area (Å²) in [5.41, 5.74) is 2.11. The van der Waals surface area contributed by atoms with Gasteiger partial charge >= 0.3 is 0 Å². The van der Waals surface area contributed by atoms with Gasteiger partial charge in [0.05, 0.1) is 0 Å². The summed E-state index contributed by atoms with van der Waals surface area (Å²) < 4.78 is 6.71. The van der Waals surface area contributed by atoms with Crippen molar-refractivity contribution in [1.29, 1.82) is 0 Å². The van der Waals surface area contributed by atoms with E-state index in [1.54, 1.807) is 0 Å². The smallest absolute Gasteiger partial charge is 0.248 e.